The molecule has 2 amide bonds. The molecule has 2 aromatic rings. The predicted molar refractivity (Wildman–Crippen MR) is 108 cm³/mol. The third-order valence-corrected chi connectivity index (χ3v) is 5.02. The molecule has 1 aliphatic heterocycles. The Hall–Kier alpha value is -2.82. The first-order valence-corrected chi connectivity index (χ1v) is 9.55. The third kappa shape index (κ3) is 5.58. The first-order valence-electron chi connectivity index (χ1n) is 9.55. The minimum Gasteiger partial charge on any atom is -0.376 e. The van der Waals surface area contributed by atoms with Crippen molar-refractivity contribution >= 4 is 17.5 Å². The van der Waals surface area contributed by atoms with E-state index in [-0.39, 0.29) is 18.4 Å². The zero-order valence-corrected chi connectivity index (χ0v) is 15.8. The molecule has 2 N–H and O–H groups in total. The van der Waals surface area contributed by atoms with Crippen molar-refractivity contribution < 1.29 is 9.59 Å². The average Bonchev–Trinajstić information content (AvgIpc) is 2.72. The average molecular weight is 365 g/mol. The zero-order valence-electron chi connectivity index (χ0n) is 15.8. The SMILES string of the molecule is CC1CCN(C(=O)CNc2ccc(C(=O)NCc3ccccc3)cc2)CC1. The van der Waals surface area contributed by atoms with E-state index in [1.165, 1.54) is 0 Å². The van der Waals surface area contributed by atoms with E-state index in [0.717, 1.165) is 37.2 Å². The lowest BCUT2D eigenvalue weighted by Gasteiger charge is -2.30. The summed E-state index contributed by atoms with van der Waals surface area (Å²) in [6.07, 6.45) is 2.16. The maximum absolute atomic E-state index is 12.3. The van der Waals surface area contributed by atoms with Gasteiger partial charge in [-0.2, -0.15) is 0 Å². The van der Waals surface area contributed by atoms with Gasteiger partial charge in [0.1, 0.15) is 0 Å². The van der Waals surface area contributed by atoms with Crippen molar-refractivity contribution in [2.45, 2.75) is 26.3 Å². The van der Waals surface area contributed by atoms with Gasteiger partial charge in [0, 0.05) is 30.9 Å². The number of hydrogen-bond acceptors (Lipinski definition) is 3. The quantitative estimate of drug-likeness (QED) is 0.826. The number of benzene rings is 2. The topological polar surface area (TPSA) is 61.4 Å². The van der Waals surface area contributed by atoms with Crippen LogP contribution in [0.15, 0.2) is 54.6 Å². The monoisotopic (exact) mass is 365 g/mol. The zero-order chi connectivity index (χ0) is 19.1. The fourth-order valence-corrected chi connectivity index (χ4v) is 3.17. The molecule has 1 aliphatic rings. The Balaban J connectivity index is 1.45. The summed E-state index contributed by atoms with van der Waals surface area (Å²) >= 11 is 0. The Bertz CT molecular complexity index is 751. The summed E-state index contributed by atoms with van der Waals surface area (Å²) in [6, 6.07) is 17.0. The van der Waals surface area contributed by atoms with Gasteiger partial charge in [0.2, 0.25) is 5.91 Å². The lowest BCUT2D eigenvalue weighted by atomic mass is 9.99. The highest BCUT2D eigenvalue weighted by atomic mass is 16.2. The fourth-order valence-electron chi connectivity index (χ4n) is 3.17. The summed E-state index contributed by atoms with van der Waals surface area (Å²) in [5.41, 5.74) is 2.51. The van der Waals surface area contributed by atoms with Gasteiger partial charge < -0.3 is 15.5 Å². The molecule has 1 saturated heterocycles. The van der Waals surface area contributed by atoms with Gasteiger partial charge in [-0.3, -0.25) is 9.59 Å². The van der Waals surface area contributed by atoms with E-state index in [9.17, 15) is 9.59 Å². The molecule has 5 heteroatoms. The molecular weight excluding hydrogens is 338 g/mol. The van der Waals surface area contributed by atoms with Crippen LogP contribution in [0.2, 0.25) is 0 Å². The normalized spacial score (nSPS) is 14.6. The maximum Gasteiger partial charge on any atom is 0.251 e. The van der Waals surface area contributed by atoms with Gasteiger partial charge in [-0.05, 0) is 48.6 Å². The Morgan fingerprint density at radius 2 is 1.67 bits per heavy atom. The van der Waals surface area contributed by atoms with Gasteiger partial charge in [-0.15, -0.1) is 0 Å². The third-order valence-electron chi connectivity index (χ3n) is 5.02. The molecule has 1 fully saturated rings. The highest BCUT2D eigenvalue weighted by molar-refractivity contribution is 5.94. The van der Waals surface area contributed by atoms with Crippen LogP contribution in [0.1, 0.15) is 35.7 Å². The molecule has 0 aromatic heterocycles. The van der Waals surface area contributed by atoms with Gasteiger partial charge in [0.25, 0.3) is 5.91 Å². The van der Waals surface area contributed by atoms with Gasteiger partial charge in [0.15, 0.2) is 0 Å². The summed E-state index contributed by atoms with van der Waals surface area (Å²) in [6.45, 7) is 4.72. The summed E-state index contributed by atoms with van der Waals surface area (Å²) < 4.78 is 0. The smallest absolute Gasteiger partial charge is 0.251 e. The first kappa shape index (κ1) is 19.0. The van der Waals surface area contributed by atoms with Gasteiger partial charge >= 0.3 is 0 Å². The van der Waals surface area contributed by atoms with E-state index in [4.69, 9.17) is 0 Å². The fraction of sp³-hybridized carbons (Fsp3) is 0.364. The highest BCUT2D eigenvalue weighted by Gasteiger charge is 2.19. The number of hydrogen-bond donors (Lipinski definition) is 2. The largest absolute Gasteiger partial charge is 0.376 e. The standard InChI is InChI=1S/C22H27N3O2/c1-17-11-13-25(14-12-17)21(26)16-23-20-9-7-19(8-10-20)22(27)24-15-18-5-3-2-4-6-18/h2-10,17,23H,11-16H2,1H3,(H,24,27). The van der Waals surface area contributed by atoms with Crippen LogP contribution in [0, 0.1) is 5.92 Å². The second-order valence-electron chi connectivity index (χ2n) is 7.16. The van der Waals surface area contributed by atoms with Crippen molar-refractivity contribution in [3.05, 3.63) is 65.7 Å². The van der Waals surface area contributed by atoms with Crippen LogP contribution in [0.4, 0.5) is 5.69 Å². The number of likely N-dealkylation sites (tertiary alicyclic amines) is 1. The first-order chi connectivity index (χ1) is 13.1. The highest BCUT2D eigenvalue weighted by Crippen LogP contribution is 2.16. The summed E-state index contributed by atoms with van der Waals surface area (Å²) in [4.78, 5) is 26.4. The molecular formula is C22H27N3O2. The van der Waals surface area contributed by atoms with E-state index < -0.39 is 0 Å². The van der Waals surface area contributed by atoms with Crippen LogP contribution < -0.4 is 10.6 Å². The van der Waals surface area contributed by atoms with Crippen LogP contribution in [0.3, 0.4) is 0 Å². The molecule has 0 unspecified atom stereocenters. The second kappa shape index (κ2) is 9.21. The molecule has 142 valence electrons. The van der Waals surface area contributed by atoms with Crippen molar-refractivity contribution in [2.75, 3.05) is 25.0 Å². The van der Waals surface area contributed by atoms with Crippen LogP contribution in [-0.2, 0) is 11.3 Å². The Kier molecular flexibility index (Phi) is 6.47. The van der Waals surface area contributed by atoms with E-state index in [2.05, 4.69) is 17.6 Å². The van der Waals surface area contributed by atoms with E-state index >= 15 is 0 Å². The molecule has 0 aliphatic carbocycles. The van der Waals surface area contributed by atoms with Crippen molar-refractivity contribution in [3.8, 4) is 0 Å². The van der Waals surface area contributed by atoms with Crippen molar-refractivity contribution in [3.63, 3.8) is 0 Å². The molecule has 5 nitrogen and oxygen atoms in total. The minimum atomic E-state index is -0.107. The molecule has 0 atom stereocenters. The van der Waals surface area contributed by atoms with Crippen molar-refractivity contribution in [2.24, 2.45) is 5.92 Å². The molecule has 0 spiro atoms. The summed E-state index contributed by atoms with van der Waals surface area (Å²) in [5, 5.41) is 6.07. The number of nitrogens with one attached hydrogen (secondary N) is 2. The molecule has 3 rings (SSSR count). The summed E-state index contributed by atoms with van der Waals surface area (Å²) in [7, 11) is 0. The molecule has 0 radical (unpaired) electrons. The van der Waals surface area contributed by atoms with Crippen LogP contribution in [0.5, 0.6) is 0 Å². The van der Waals surface area contributed by atoms with Gasteiger partial charge in [-0.1, -0.05) is 37.3 Å². The van der Waals surface area contributed by atoms with Crippen molar-refractivity contribution in [1.82, 2.24) is 10.2 Å². The van der Waals surface area contributed by atoms with Crippen LogP contribution in [0.25, 0.3) is 0 Å². The minimum absolute atomic E-state index is 0.107. The molecule has 0 saturated carbocycles. The number of amides is 2. The van der Waals surface area contributed by atoms with Gasteiger partial charge in [-0.25, -0.2) is 0 Å². The molecule has 27 heavy (non-hydrogen) atoms. The second-order valence-corrected chi connectivity index (χ2v) is 7.16. The molecule has 1 heterocycles. The van der Waals surface area contributed by atoms with Gasteiger partial charge in [0.05, 0.1) is 6.54 Å². The number of nitrogens with zero attached hydrogens (tertiary/aromatic N) is 1. The molecule has 0 bridgehead atoms. The predicted octanol–water partition coefficient (Wildman–Crippen LogP) is 3.29. The molecule has 2 aromatic carbocycles. The Labute approximate surface area is 160 Å². The number of anilines is 1. The van der Waals surface area contributed by atoms with Crippen molar-refractivity contribution in [1.29, 1.82) is 0 Å². The Morgan fingerprint density at radius 3 is 2.33 bits per heavy atom. The number of rotatable bonds is 6. The number of piperidine rings is 1. The van der Waals surface area contributed by atoms with E-state index in [0.29, 0.717) is 18.0 Å². The van der Waals surface area contributed by atoms with Crippen LogP contribution >= 0.6 is 0 Å². The lowest BCUT2D eigenvalue weighted by molar-refractivity contribution is -0.130. The Morgan fingerprint density at radius 1 is 1.00 bits per heavy atom. The summed E-state index contributed by atoms with van der Waals surface area (Å²) in [5.74, 6) is 0.734. The lowest BCUT2D eigenvalue weighted by Crippen LogP contribution is -2.40. The van der Waals surface area contributed by atoms with Crippen LogP contribution in [-0.4, -0.2) is 36.3 Å². The number of carbonyl (C=O) groups excluding carboxylic acids is 2. The maximum atomic E-state index is 12.3. The van der Waals surface area contributed by atoms with E-state index in [1.54, 1.807) is 12.1 Å². The number of carbonyl (C=O) groups is 2. The van der Waals surface area contributed by atoms with E-state index in [1.807, 2.05) is 47.4 Å².